The van der Waals surface area contributed by atoms with Crippen LogP contribution in [0.15, 0.2) is 18.2 Å². The molecule has 0 N–H and O–H groups in total. The lowest BCUT2D eigenvalue weighted by Crippen LogP contribution is -2.34. The summed E-state index contributed by atoms with van der Waals surface area (Å²) < 4.78 is 55.9. The Morgan fingerprint density at radius 2 is 2.05 bits per heavy atom. The van der Waals surface area contributed by atoms with Gasteiger partial charge >= 0.3 is 6.18 Å². The Balaban J connectivity index is 2.32. The van der Waals surface area contributed by atoms with Crippen LogP contribution < -0.4 is 0 Å². The first-order valence-electron chi connectivity index (χ1n) is 5.79. The zero-order valence-corrected chi connectivity index (χ0v) is 10.2. The van der Waals surface area contributed by atoms with Gasteiger partial charge in [-0.05, 0) is 31.9 Å². The van der Waals surface area contributed by atoms with Crippen molar-refractivity contribution in [2.24, 2.45) is 0 Å². The largest absolute Gasteiger partial charge is 0.419 e. The molecular weight excluding hydrogens is 264 g/mol. The van der Waals surface area contributed by atoms with E-state index in [1.165, 1.54) is 0 Å². The molecule has 0 spiro atoms. The number of carbonyl (C=O) groups excluding carboxylic acids is 1. The van der Waals surface area contributed by atoms with Gasteiger partial charge in [0.1, 0.15) is 11.4 Å². The van der Waals surface area contributed by atoms with Crippen LogP contribution in [0.25, 0.3) is 0 Å². The molecule has 0 radical (unpaired) electrons. The quantitative estimate of drug-likeness (QED) is 0.609. The van der Waals surface area contributed by atoms with Crippen LogP contribution in [0, 0.1) is 5.82 Å². The maximum atomic E-state index is 13.4. The molecule has 0 amide bonds. The van der Waals surface area contributed by atoms with Crippen molar-refractivity contribution in [2.45, 2.75) is 31.5 Å². The van der Waals surface area contributed by atoms with E-state index in [0.717, 1.165) is 6.07 Å². The van der Waals surface area contributed by atoms with Gasteiger partial charge in [0, 0.05) is 12.2 Å². The SMILES string of the molecule is CC1(C(=O)c2ccc(C(F)(F)F)c(F)c2)CCCO1. The highest BCUT2D eigenvalue weighted by molar-refractivity contribution is 6.02. The highest BCUT2D eigenvalue weighted by Gasteiger charge is 2.39. The fourth-order valence-electron chi connectivity index (χ4n) is 2.15. The molecule has 0 aliphatic carbocycles. The Labute approximate surface area is 107 Å². The highest BCUT2D eigenvalue weighted by atomic mass is 19.4. The molecule has 1 aliphatic rings. The molecule has 1 saturated heterocycles. The van der Waals surface area contributed by atoms with E-state index < -0.39 is 28.9 Å². The third-order valence-corrected chi connectivity index (χ3v) is 3.24. The molecule has 2 nitrogen and oxygen atoms in total. The van der Waals surface area contributed by atoms with Gasteiger partial charge < -0.3 is 4.74 Å². The monoisotopic (exact) mass is 276 g/mol. The molecule has 1 atom stereocenters. The molecule has 2 rings (SSSR count). The third kappa shape index (κ3) is 2.63. The van der Waals surface area contributed by atoms with E-state index in [-0.39, 0.29) is 5.56 Å². The Morgan fingerprint density at radius 3 is 2.53 bits per heavy atom. The van der Waals surface area contributed by atoms with E-state index in [2.05, 4.69) is 0 Å². The smallest absolute Gasteiger partial charge is 0.367 e. The van der Waals surface area contributed by atoms with Gasteiger partial charge in [-0.25, -0.2) is 4.39 Å². The van der Waals surface area contributed by atoms with Crippen molar-refractivity contribution in [1.82, 2.24) is 0 Å². The van der Waals surface area contributed by atoms with Crippen LogP contribution in [0.5, 0.6) is 0 Å². The van der Waals surface area contributed by atoms with Gasteiger partial charge in [0.15, 0.2) is 5.78 Å². The van der Waals surface area contributed by atoms with Gasteiger partial charge in [-0.1, -0.05) is 6.07 Å². The number of ether oxygens (including phenoxy) is 1. The van der Waals surface area contributed by atoms with Crippen LogP contribution in [0.2, 0.25) is 0 Å². The van der Waals surface area contributed by atoms with Gasteiger partial charge in [0.25, 0.3) is 0 Å². The van der Waals surface area contributed by atoms with Crippen molar-refractivity contribution in [3.63, 3.8) is 0 Å². The molecule has 6 heteroatoms. The Hall–Kier alpha value is -1.43. The predicted octanol–water partition coefficient (Wildman–Crippen LogP) is 3.60. The summed E-state index contributed by atoms with van der Waals surface area (Å²) in [6.45, 7) is 1.99. The normalized spacial score (nSPS) is 23.6. The van der Waals surface area contributed by atoms with Gasteiger partial charge in [0.05, 0.1) is 5.56 Å². The van der Waals surface area contributed by atoms with Crippen molar-refractivity contribution >= 4 is 5.78 Å². The molecule has 1 aromatic carbocycles. The summed E-state index contributed by atoms with van der Waals surface area (Å²) >= 11 is 0. The molecule has 1 heterocycles. The van der Waals surface area contributed by atoms with Crippen molar-refractivity contribution in [2.75, 3.05) is 6.61 Å². The van der Waals surface area contributed by atoms with Crippen molar-refractivity contribution in [3.8, 4) is 0 Å². The fourth-order valence-corrected chi connectivity index (χ4v) is 2.15. The summed E-state index contributed by atoms with van der Waals surface area (Å²) in [4.78, 5) is 12.1. The lowest BCUT2D eigenvalue weighted by Gasteiger charge is -2.21. The van der Waals surface area contributed by atoms with Gasteiger partial charge in [-0.2, -0.15) is 13.2 Å². The zero-order valence-electron chi connectivity index (χ0n) is 10.2. The molecule has 1 aliphatic heterocycles. The summed E-state index contributed by atoms with van der Waals surface area (Å²) in [5, 5.41) is 0. The van der Waals surface area contributed by atoms with E-state index in [0.29, 0.717) is 31.6 Å². The molecule has 0 bridgehead atoms. The van der Waals surface area contributed by atoms with E-state index in [1.54, 1.807) is 6.92 Å². The average molecular weight is 276 g/mol. The number of benzene rings is 1. The highest BCUT2D eigenvalue weighted by Crippen LogP contribution is 2.33. The Bertz CT molecular complexity index is 502. The first kappa shape index (κ1) is 14.0. The van der Waals surface area contributed by atoms with Crippen molar-refractivity contribution in [3.05, 3.63) is 35.1 Å². The van der Waals surface area contributed by atoms with E-state index >= 15 is 0 Å². The standard InChI is InChI=1S/C13H12F4O2/c1-12(5-2-6-19-12)11(18)8-3-4-9(10(14)7-8)13(15,16)17/h3-4,7H,2,5-6H2,1H3. The average Bonchev–Trinajstić information content (AvgIpc) is 2.74. The van der Waals surface area contributed by atoms with E-state index in [1.807, 2.05) is 0 Å². The minimum absolute atomic E-state index is 0.102. The molecule has 0 saturated carbocycles. The Kier molecular flexibility index (Phi) is 3.38. The molecule has 1 unspecified atom stereocenters. The van der Waals surface area contributed by atoms with E-state index in [4.69, 9.17) is 4.74 Å². The minimum atomic E-state index is -4.76. The lowest BCUT2D eigenvalue weighted by molar-refractivity contribution is -0.140. The molecule has 1 fully saturated rings. The second-order valence-corrected chi connectivity index (χ2v) is 4.70. The molecule has 0 aromatic heterocycles. The molecular formula is C13H12F4O2. The van der Waals surface area contributed by atoms with Gasteiger partial charge in [0.2, 0.25) is 0 Å². The van der Waals surface area contributed by atoms with Gasteiger partial charge in [-0.3, -0.25) is 4.79 Å². The van der Waals surface area contributed by atoms with Crippen LogP contribution in [0.3, 0.4) is 0 Å². The maximum Gasteiger partial charge on any atom is 0.419 e. The second kappa shape index (κ2) is 4.59. The summed E-state index contributed by atoms with van der Waals surface area (Å²) in [6, 6.07) is 2.19. The fraction of sp³-hybridized carbons (Fsp3) is 0.462. The van der Waals surface area contributed by atoms with Crippen molar-refractivity contribution in [1.29, 1.82) is 0 Å². The van der Waals surface area contributed by atoms with Crippen LogP contribution in [0.4, 0.5) is 17.6 Å². The first-order chi connectivity index (χ1) is 8.74. The number of carbonyl (C=O) groups is 1. The molecule has 1 aromatic rings. The number of ketones is 1. The number of hydrogen-bond acceptors (Lipinski definition) is 2. The number of alkyl halides is 3. The molecule has 19 heavy (non-hydrogen) atoms. The number of halogens is 4. The van der Waals surface area contributed by atoms with E-state index in [9.17, 15) is 22.4 Å². The number of hydrogen-bond donors (Lipinski definition) is 0. The van der Waals surface area contributed by atoms with Crippen LogP contribution >= 0.6 is 0 Å². The van der Waals surface area contributed by atoms with Crippen LogP contribution in [-0.2, 0) is 10.9 Å². The first-order valence-corrected chi connectivity index (χ1v) is 5.79. The van der Waals surface area contributed by atoms with Gasteiger partial charge in [-0.15, -0.1) is 0 Å². The number of Topliss-reactive ketones (excluding diaryl/α,β-unsaturated/α-hetero) is 1. The lowest BCUT2D eigenvalue weighted by atomic mass is 9.91. The van der Waals surface area contributed by atoms with Crippen LogP contribution in [-0.4, -0.2) is 18.0 Å². The summed E-state index contributed by atoms with van der Waals surface area (Å²) in [7, 11) is 0. The Morgan fingerprint density at radius 1 is 1.37 bits per heavy atom. The minimum Gasteiger partial charge on any atom is -0.367 e. The summed E-state index contributed by atoms with van der Waals surface area (Å²) in [5.41, 5.74) is -2.54. The van der Waals surface area contributed by atoms with Crippen molar-refractivity contribution < 1.29 is 27.1 Å². The zero-order chi connectivity index (χ0) is 14.3. The predicted molar refractivity (Wildman–Crippen MR) is 59.3 cm³/mol. The maximum absolute atomic E-state index is 13.4. The topological polar surface area (TPSA) is 26.3 Å². The second-order valence-electron chi connectivity index (χ2n) is 4.70. The number of rotatable bonds is 2. The summed E-state index contributed by atoms with van der Waals surface area (Å²) in [6.07, 6.45) is -3.58. The molecule has 104 valence electrons. The third-order valence-electron chi connectivity index (χ3n) is 3.24. The summed E-state index contributed by atoms with van der Waals surface area (Å²) in [5.74, 6) is -1.93. The van der Waals surface area contributed by atoms with Crippen LogP contribution in [0.1, 0.15) is 35.7 Å².